The van der Waals surface area contributed by atoms with Crippen molar-refractivity contribution in [3.8, 4) is 17.2 Å². The summed E-state index contributed by atoms with van der Waals surface area (Å²) in [4.78, 5) is 0. The highest BCUT2D eigenvalue weighted by molar-refractivity contribution is 5.55. The van der Waals surface area contributed by atoms with Crippen molar-refractivity contribution < 1.29 is 19.3 Å². The normalized spacial score (nSPS) is 11.3. The maximum absolute atomic E-state index is 9.67. The van der Waals surface area contributed by atoms with Gasteiger partial charge in [0.05, 0.1) is 26.9 Å². The zero-order chi connectivity index (χ0) is 14.5. The first kappa shape index (κ1) is 15.6. The van der Waals surface area contributed by atoms with E-state index in [4.69, 9.17) is 14.2 Å². The van der Waals surface area contributed by atoms with Crippen LogP contribution in [0.2, 0.25) is 0 Å². The maximum atomic E-state index is 9.67. The summed E-state index contributed by atoms with van der Waals surface area (Å²) in [6, 6.07) is 3.75. The predicted molar refractivity (Wildman–Crippen MR) is 74.1 cm³/mol. The van der Waals surface area contributed by atoms with Crippen molar-refractivity contribution in [3.05, 3.63) is 17.7 Å². The average molecular weight is 269 g/mol. The van der Waals surface area contributed by atoms with Crippen molar-refractivity contribution in [2.75, 3.05) is 27.9 Å². The molecule has 0 spiro atoms. The van der Waals surface area contributed by atoms with E-state index in [1.165, 1.54) is 0 Å². The Kier molecular flexibility index (Phi) is 5.44. The minimum absolute atomic E-state index is 0.491. The van der Waals surface area contributed by atoms with Gasteiger partial charge in [0.1, 0.15) is 0 Å². The van der Waals surface area contributed by atoms with E-state index in [1.54, 1.807) is 35.2 Å². The first-order chi connectivity index (χ1) is 8.92. The summed E-state index contributed by atoms with van der Waals surface area (Å²) in [5.41, 5.74) is 0.202. The first-order valence-electron chi connectivity index (χ1n) is 6.14. The third kappa shape index (κ3) is 4.29. The van der Waals surface area contributed by atoms with Crippen molar-refractivity contribution in [3.63, 3.8) is 0 Å². The molecule has 0 amide bonds. The molecule has 1 aromatic carbocycles. The molecule has 0 unspecified atom stereocenters. The molecular formula is C14H23NO4. The van der Waals surface area contributed by atoms with Crippen molar-refractivity contribution in [1.29, 1.82) is 0 Å². The molecule has 0 aromatic heterocycles. The second-order valence-corrected chi connectivity index (χ2v) is 4.91. The van der Waals surface area contributed by atoms with E-state index in [9.17, 15) is 5.11 Å². The highest BCUT2D eigenvalue weighted by Gasteiger charge is 2.17. The van der Waals surface area contributed by atoms with Gasteiger partial charge in [0.25, 0.3) is 0 Å². The van der Waals surface area contributed by atoms with Crippen LogP contribution in [-0.4, -0.2) is 38.6 Å². The minimum atomic E-state index is -0.746. The van der Waals surface area contributed by atoms with Gasteiger partial charge in [0.15, 0.2) is 11.5 Å². The molecule has 1 rings (SSSR count). The molecule has 5 nitrogen and oxygen atoms in total. The van der Waals surface area contributed by atoms with Crippen LogP contribution in [-0.2, 0) is 6.54 Å². The van der Waals surface area contributed by atoms with Gasteiger partial charge in [-0.1, -0.05) is 6.07 Å². The molecule has 0 saturated carbocycles. The van der Waals surface area contributed by atoms with Gasteiger partial charge >= 0.3 is 0 Å². The van der Waals surface area contributed by atoms with Crippen molar-refractivity contribution in [2.24, 2.45) is 0 Å². The number of aliphatic hydroxyl groups is 1. The molecule has 2 N–H and O–H groups in total. The summed E-state index contributed by atoms with van der Waals surface area (Å²) in [6.45, 7) is 4.58. The first-order valence-corrected chi connectivity index (χ1v) is 6.14. The van der Waals surface area contributed by atoms with Gasteiger partial charge in [-0.15, -0.1) is 0 Å². The molecule has 0 aliphatic rings. The monoisotopic (exact) mass is 269 g/mol. The third-order valence-corrected chi connectivity index (χ3v) is 2.66. The highest BCUT2D eigenvalue weighted by Crippen LogP contribution is 2.39. The summed E-state index contributed by atoms with van der Waals surface area (Å²) in [7, 11) is 4.76. The molecule has 0 radical (unpaired) electrons. The zero-order valence-electron chi connectivity index (χ0n) is 12.2. The summed E-state index contributed by atoms with van der Waals surface area (Å²) < 4.78 is 15.9. The fourth-order valence-corrected chi connectivity index (χ4v) is 1.81. The number of hydrogen-bond donors (Lipinski definition) is 2. The molecule has 0 saturated heterocycles. The van der Waals surface area contributed by atoms with Gasteiger partial charge in [-0.3, -0.25) is 0 Å². The van der Waals surface area contributed by atoms with Gasteiger partial charge in [0.2, 0.25) is 5.75 Å². The molecular weight excluding hydrogens is 246 g/mol. The number of rotatable bonds is 7. The lowest BCUT2D eigenvalue weighted by molar-refractivity contribution is 0.0794. The molecule has 0 fully saturated rings. The maximum Gasteiger partial charge on any atom is 0.203 e. The Morgan fingerprint density at radius 1 is 1.05 bits per heavy atom. The van der Waals surface area contributed by atoms with Gasteiger partial charge in [-0.2, -0.15) is 0 Å². The Hall–Kier alpha value is -1.46. The Morgan fingerprint density at radius 2 is 1.68 bits per heavy atom. The van der Waals surface area contributed by atoms with Crippen LogP contribution in [0.5, 0.6) is 17.2 Å². The molecule has 0 bridgehead atoms. The van der Waals surface area contributed by atoms with Crippen molar-refractivity contribution >= 4 is 0 Å². The smallest absolute Gasteiger partial charge is 0.203 e. The lowest BCUT2D eigenvalue weighted by Crippen LogP contribution is -2.34. The standard InChI is InChI=1S/C14H23NO4/c1-14(2,16)9-15-8-10-6-7-11(17-3)13(19-5)12(10)18-4/h6-7,15-16H,8-9H2,1-5H3. The number of hydrogen-bond acceptors (Lipinski definition) is 5. The van der Waals surface area contributed by atoms with Crippen LogP contribution in [0.3, 0.4) is 0 Å². The summed E-state index contributed by atoms with van der Waals surface area (Å²) in [5.74, 6) is 1.85. The quantitative estimate of drug-likeness (QED) is 0.787. The van der Waals surface area contributed by atoms with Crippen LogP contribution in [0.1, 0.15) is 19.4 Å². The average Bonchev–Trinajstić information content (AvgIpc) is 2.36. The van der Waals surface area contributed by atoms with Gasteiger partial charge in [0, 0.05) is 18.7 Å². The van der Waals surface area contributed by atoms with E-state index < -0.39 is 5.60 Å². The van der Waals surface area contributed by atoms with E-state index in [0.717, 1.165) is 5.56 Å². The number of benzene rings is 1. The summed E-state index contributed by atoms with van der Waals surface area (Å²) in [5, 5.41) is 12.8. The van der Waals surface area contributed by atoms with Gasteiger partial charge in [-0.05, 0) is 19.9 Å². The Morgan fingerprint density at radius 3 is 2.16 bits per heavy atom. The van der Waals surface area contributed by atoms with Crippen molar-refractivity contribution in [2.45, 2.75) is 26.0 Å². The fourth-order valence-electron chi connectivity index (χ4n) is 1.81. The van der Waals surface area contributed by atoms with E-state index in [0.29, 0.717) is 30.3 Å². The van der Waals surface area contributed by atoms with Crippen LogP contribution >= 0.6 is 0 Å². The fraction of sp³-hybridized carbons (Fsp3) is 0.571. The molecule has 108 valence electrons. The predicted octanol–water partition coefficient (Wildman–Crippen LogP) is 1.57. The SMILES string of the molecule is COc1ccc(CNCC(C)(C)O)c(OC)c1OC. The van der Waals surface area contributed by atoms with Crippen LogP contribution in [0.25, 0.3) is 0 Å². The molecule has 5 heteroatoms. The molecule has 1 aromatic rings. The third-order valence-electron chi connectivity index (χ3n) is 2.66. The van der Waals surface area contributed by atoms with E-state index in [-0.39, 0.29) is 0 Å². The van der Waals surface area contributed by atoms with Crippen LogP contribution in [0.15, 0.2) is 12.1 Å². The van der Waals surface area contributed by atoms with Crippen LogP contribution in [0.4, 0.5) is 0 Å². The highest BCUT2D eigenvalue weighted by atomic mass is 16.5. The Bertz CT molecular complexity index is 413. The second-order valence-electron chi connectivity index (χ2n) is 4.91. The lowest BCUT2D eigenvalue weighted by atomic mass is 10.1. The Labute approximate surface area is 114 Å². The number of ether oxygens (including phenoxy) is 3. The molecule has 0 aliphatic carbocycles. The lowest BCUT2D eigenvalue weighted by Gasteiger charge is -2.19. The molecule has 0 heterocycles. The largest absolute Gasteiger partial charge is 0.493 e. The molecule has 19 heavy (non-hydrogen) atoms. The molecule has 0 aliphatic heterocycles. The minimum Gasteiger partial charge on any atom is -0.493 e. The summed E-state index contributed by atoms with van der Waals surface area (Å²) >= 11 is 0. The van der Waals surface area contributed by atoms with Crippen LogP contribution in [0, 0.1) is 0 Å². The van der Waals surface area contributed by atoms with Gasteiger partial charge < -0.3 is 24.6 Å². The van der Waals surface area contributed by atoms with E-state index in [2.05, 4.69) is 5.32 Å². The van der Waals surface area contributed by atoms with Crippen molar-refractivity contribution in [1.82, 2.24) is 5.32 Å². The Balaban J connectivity index is 2.89. The van der Waals surface area contributed by atoms with Gasteiger partial charge in [-0.25, -0.2) is 0 Å². The summed E-state index contributed by atoms with van der Waals surface area (Å²) in [6.07, 6.45) is 0. The second kappa shape index (κ2) is 6.63. The van der Waals surface area contributed by atoms with E-state index >= 15 is 0 Å². The zero-order valence-corrected chi connectivity index (χ0v) is 12.2. The van der Waals surface area contributed by atoms with E-state index in [1.807, 2.05) is 12.1 Å². The number of methoxy groups -OCH3 is 3. The van der Waals surface area contributed by atoms with Crippen LogP contribution < -0.4 is 19.5 Å². The number of nitrogens with one attached hydrogen (secondary N) is 1. The molecule has 0 atom stereocenters. The topological polar surface area (TPSA) is 60.0 Å².